The lowest BCUT2D eigenvalue weighted by molar-refractivity contribution is 0.181. The maximum absolute atomic E-state index is 14.0. The summed E-state index contributed by atoms with van der Waals surface area (Å²) >= 11 is 0. The molecule has 148 valence electrons. The summed E-state index contributed by atoms with van der Waals surface area (Å²) in [6, 6.07) is 15.7. The number of ether oxygens (including phenoxy) is 2. The molecule has 29 heavy (non-hydrogen) atoms. The molecule has 0 atom stereocenters. The van der Waals surface area contributed by atoms with Crippen LogP contribution in [0, 0.1) is 5.82 Å². The Hall–Kier alpha value is -3.52. The van der Waals surface area contributed by atoms with Crippen molar-refractivity contribution in [2.75, 3.05) is 14.2 Å². The summed E-state index contributed by atoms with van der Waals surface area (Å²) in [4.78, 5) is 17.7. The number of methoxy groups -OCH3 is 2. The molecule has 7 nitrogen and oxygen atoms in total. The summed E-state index contributed by atoms with van der Waals surface area (Å²) in [5.41, 5.74) is 2.13. The molecular weight excluding hydrogens is 375 g/mol. The minimum atomic E-state index is -0.490. The van der Waals surface area contributed by atoms with E-state index in [0.29, 0.717) is 29.3 Å². The molecule has 0 amide bonds. The van der Waals surface area contributed by atoms with Gasteiger partial charge in [0.25, 0.3) is 0 Å². The van der Waals surface area contributed by atoms with Gasteiger partial charge in [-0.15, -0.1) is 5.10 Å². The van der Waals surface area contributed by atoms with Crippen LogP contribution in [-0.4, -0.2) is 33.4 Å². The van der Waals surface area contributed by atoms with E-state index >= 15 is 0 Å². The summed E-state index contributed by atoms with van der Waals surface area (Å²) in [6.45, 7) is 0.413. The highest BCUT2D eigenvalue weighted by atomic mass is 19.1. The zero-order chi connectivity index (χ0) is 20.4. The van der Waals surface area contributed by atoms with Crippen molar-refractivity contribution in [3.05, 3.63) is 82.2 Å². The zero-order valence-corrected chi connectivity index (χ0v) is 16.0. The monoisotopic (exact) mass is 394 g/mol. The van der Waals surface area contributed by atoms with Crippen LogP contribution in [0.4, 0.5) is 4.39 Å². The van der Waals surface area contributed by atoms with Crippen molar-refractivity contribution < 1.29 is 13.9 Å². The number of fused-ring (bicyclic) bond motifs is 1. The second-order valence-electron chi connectivity index (χ2n) is 6.47. The largest absolute Gasteiger partial charge is 0.494 e. The predicted octanol–water partition coefficient (Wildman–Crippen LogP) is 2.90. The van der Waals surface area contributed by atoms with Gasteiger partial charge in [0.1, 0.15) is 5.82 Å². The summed E-state index contributed by atoms with van der Waals surface area (Å²) in [5, 5.41) is 4.43. The fourth-order valence-electron chi connectivity index (χ4n) is 3.17. The first-order valence-electron chi connectivity index (χ1n) is 8.97. The van der Waals surface area contributed by atoms with Crippen LogP contribution in [0.1, 0.15) is 11.3 Å². The van der Waals surface area contributed by atoms with Crippen LogP contribution in [0.15, 0.2) is 59.4 Å². The summed E-state index contributed by atoms with van der Waals surface area (Å²) < 4.78 is 26.9. The molecule has 4 aromatic rings. The Bertz CT molecular complexity index is 1220. The molecule has 0 unspecified atom stereocenters. The third-order valence-corrected chi connectivity index (χ3v) is 4.49. The Balaban J connectivity index is 1.84. The average molecular weight is 394 g/mol. The molecule has 8 heteroatoms. The van der Waals surface area contributed by atoms with Gasteiger partial charge in [0.05, 0.1) is 26.0 Å². The van der Waals surface area contributed by atoms with Crippen molar-refractivity contribution in [1.29, 1.82) is 0 Å². The minimum Gasteiger partial charge on any atom is -0.494 e. The van der Waals surface area contributed by atoms with Crippen LogP contribution >= 0.6 is 0 Å². The molecule has 2 aromatic heterocycles. The van der Waals surface area contributed by atoms with Gasteiger partial charge in [-0.05, 0) is 17.7 Å². The number of hydrogen-bond acceptors (Lipinski definition) is 5. The maximum atomic E-state index is 14.0. The Morgan fingerprint density at radius 1 is 1.07 bits per heavy atom. The van der Waals surface area contributed by atoms with E-state index in [1.165, 1.54) is 28.3 Å². The average Bonchev–Trinajstić information content (AvgIpc) is 3.04. The standard InChI is InChI=1S/C21H19FN4O3/c1-28-13-16-11-19-24-25(12-14-8-9-18(29-2)17(22)10-14)21(27)26(19)20(23-16)15-6-4-3-5-7-15/h3-11H,12-13H2,1-2H3. The fraction of sp³-hybridized carbons (Fsp3) is 0.190. The molecule has 0 aliphatic heterocycles. The van der Waals surface area contributed by atoms with Crippen LogP contribution < -0.4 is 10.4 Å². The lowest BCUT2D eigenvalue weighted by Crippen LogP contribution is -2.23. The van der Waals surface area contributed by atoms with Gasteiger partial charge < -0.3 is 9.47 Å². The van der Waals surface area contributed by atoms with E-state index in [9.17, 15) is 9.18 Å². The molecule has 0 bridgehead atoms. The van der Waals surface area contributed by atoms with Crippen molar-refractivity contribution in [2.45, 2.75) is 13.2 Å². The Kier molecular flexibility index (Phi) is 5.09. The van der Waals surface area contributed by atoms with Crippen molar-refractivity contribution in [2.24, 2.45) is 0 Å². The van der Waals surface area contributed by atoms with E-state index in [1.54, 1.807) is 19.2 Å². The Labute approximate surface area is 166 Å². The van der Waals surface area contributed by atoms with E-state index in [0.717, 1.165) is 5.56 Å². The molecule has 0 spiro atoms. The summed E-state index contributed by atoms with van der Waals surface area (Å²) in [6.07, 6.45) is 0. The quantitative estimate of drug-likeness (QED) is 0.503. The molecule has 0 radical (unpaired) electrons. The number of halogens is 1. The summed E-state index contributed by atoms with van der Waals surface area (Å²) in [5.74, 6) is 0.138. The van der Waals surface area contributed by atoms with Gasteiger partial charge in [0, 0.05) is 18.7 Å². The minimum absolute atomic E-state index is 0.120. The van der Waals surface area contributed by atoms with Crippen LogP contribution in [0.2, 0.25) is 0 Å². The SMILES string of the molecule is COCc1cc2nn(Cc3ccc(OC)c(F)c3)c(=O)n2c(-c2ccccc2)n1. The topological polar surface area (TPSA) is 70.7 Å². The highest BCUT2D eigenvalue weighted by Gasteiger charge is 2.16. The molecule has 0 saturated heterocycles. The van der Waals surface area contributed by atoms with Crippen LogP contribution in [0.3, 0.4) is 0 Å². The third-order valence-electron chi connectivity index (χ3n) is 4.49. The molecule has 0 saturated carbocycles. The molecule has 0 fully saturated rings. The van der Waals surface area contributed by atoms with Crippen molar-refractivity contribution in [1.82, 2.24) is 19.2 Å². The number of nitrogens with zero attached hydrogens (tertiary/aromatic N) is 4. The lowest BCUT2D eigenvalue weighted by Gasteiger charge is -2.06. The molecule has 0 aliphatic carbocycles. The summed E-state index contributed by atoms with van der Waals surface area (Å²) in [7, 11) is 2.98. The first-order chi connectivity index (χ1) is 14.1. The van der Waals surface area contributed by atoms with Gasteiger partial charge in [0.2, 0.25) is 0 Å². The van der Waals surface area contributed by atoms with Gasteiger partial charge >= 0.3 is 5.69 Å². The number of benzene rings is 2. The second-order valence-corrected chi connectivity index (χ2v) is 6.47. The van der Waals surface area contributed by atoms with E-state index in [-0.39, 0.29) is 18.0 Å². The van der Waals surface area contributed by atoms with Crippen molar-refractivity contribution in [3.63, 3.8) is 0 Å². The highest BCUT2D eigenvalue weighted by Crippen LogP contribution is 2.20. The second kappa shape index (κ2) is 7.84. The van der Waals surface area contributed by atoms with Gasteiger partial charge in [-0.25, -0.2) is 23.3 Å². The fourth-order valence-corrected chi connectivity index (χ4v) is 3.17. The van der Waals surface area contributed by atoms with E-state index < -0.39 is 5.82 Å². The van der Waals surface area contributed by atoms with E-state index in [2.05, 4.69) is 10.1 Å². The van der Waals surface area contributed by atoms with Crippen LogP contribution in [-0.2, 0) is 17.9 Å². The number of rotatable bonds is 6. The first-order valence-corrected chi connectivity index (χ1v) is 8.97. The van der Waals surface area contributed by atoms with E-state index in [1.807, 2.05) is 30.3 Å². The smallest absolute Gasteiger partial charge is 0.352 e. The first kappa shape index (κ1) is 18.8. The number of aromatic nitrogens is 4. The molecular formula is C21H19FN4O3. The van der Waals surface area contributed by atoms with E-state index in [4.69, 9.17) is 9.47 Å². The molecule has 2 aromatic carbocycles. The molecule has 2 heterocycles. The van der Waals surface area contributed by atoms with Gasteiger partial charge in [-0.1, -0.05) is 36.4 Å². The van der Waals surface area contributed by atoms with Crippen molar-refractivity contribution in [3.8, 4) is 17.1 Å². The van der Waals surface area contributed by atoms with Gasteiger partial charge in [0.15, 0.2) is 17.2 Å². The molecule has 0 N–H and O–H groups in total. The molecule has 0 aliphatic rings. The highest BCUT2D eigenvalue weighted by molar-refractivity contribution is 5.59. The van der Waals surface area contributed by atoms with Crippen molar-refractivity contribution >= 4 is 5.65 Å². The van der Waals surface area contributed by atoms with Crippen LogP contribution in [0.5, 0.6) is 5.75 Å². The third kappa shape index (κ3) is 3.62. The number of hydrogen-bond donors (Lipinski definition) is 0. The lowest BCUT2D eigenvalue weighted by atomic mass is 10.2. The normalized spacial score (nSPS) is 11.1. The van der Waals surface area contributed by atoms with Gasteiger partial charge in [-0.2, -0.15) is 0 Å². The predicted molar refractivity (Wildman–Crippen MR) is 105 cm³/mol. The van der Waals surface area contributed by atoms with Gasteiger partial charge in [-0.3, -0.25) is 0 Å². The zero-order valence-electron chi connectivity index (χ0n) is 16.0. The Morgan fingerprint density at radius 3 is 2.55 bits per heavy atom. The molecule has 4 rings (SSSR count). The Morgan fingerprint density at radius 2 is 1.86 bits per heavy atom. The maximum Gasteiger partial charge on any atom is 0.352 e. The van der Waals surface area contributed by atoms with Crippen LogP contribution in [0.25, 0.3) is 17.0 Å².